The molecule has 1 N–H and O–H groups in total. The lowest BCUT2D eigenvalue weighted by Crippen LogP contribution is -2.22. The Morgan fingerprint density at radius 1 is 1.26 bits per heavy atom. The monoisotopic (exact) mass is 258 g/mol. The Bertz CT molecular complexity index is 551. The minimum atomic E-state index is 0.419. The lowest BCUT2D eigenvalue weighted by Gasteiger charge is -2.21. The van der Waals surface area contributed by atoms with Gasteiger partial charge in [0.2, 0.25) is 0 Å². The number of nitrogens with zero attached hydrogens (tertiary/aromatic N) is 1. The third kappa shape index (κ3) is 2.87. The summed E-state index contributed by atoms with van der Waals surface area (Å²) in [6.07, 6.45) is 1.89. The Labute approximate surface area is 115 Å². The SMILES string of the molecule is CNCC(c1nccc2cc(OC)ccc12)C(C)C. The summed E-state index contributed by atoms with van der Waals surface area (Å²) in [4.78, 5) is 4.62. The second-order valence-corrected chi connectivity index (χ2v) is 5.19. The van der Waals surface area contributed by atoms with Crippen molar-refractivity contribution in [3.8, 4) is 5.75 Å². The van der Waals surface area contributed by atoms with Crippen molar-refractivity contribution in [2.75, 3.05) is 20.7 Å². The molecule has 0 radical (unpaired) electrons. The van der Waals surface area contributed by atoms with E-state index >= 15 is 0 Å². The molecule has 1 aromatic carbocycles. The minimum Gasteiger partial charge on any atom is -0.497 e. The number of ether oxygens (including phenoxy) is 1. The molecule has 0 bridgehead atoms. The number of fused-ring (bicyclic) bond motifs is 1. The predicted molar refractivity (Wildman–Crippen MR) is 79.8 cm³/mol. The van der Waals surface area contributed by atoms with Gasteiger partial charge in [-0.05, 0) is 42.6 Å². The van der Waals surface area contributed by atoms with Crippen LogP contribution in [0.25, 0.3) is 10.8 Å². The molecule has 102 valence electrons. The Hall–Kier alpha value is -1.61. The van der Waals surface area contributed by atoms with Gasteiger partial charge in [0.25, 0.3) is 0 Å². The van der Waals surface area contributed by atoms with Crippen LogP contribution in [-0.2, 0) is 0 Å². The minimum absolute atomic E-state index is 0.419. The molecular weight excluding hydrogens is 236 g/mol. The van der Waals surface area contributed by atoms with Crippen molar-refractivity contribution in [1.29, 1.82) is 0 Å². The molecule has 0 aliphatic rings. The van der Waals surface area contributed by atoms with Gasteiger partial charge in [0.1, 0.15) is 5.75 Å². The summed E-state index contributed by atoms with van der Waals surface area (Å²) in [7, 11) is 3.69. The Morgan fingerprint density at radius 3 is 2.68 bits per heavy atom. The van der Waals surface area contributed by atoms with Crippen LogP contribution < -0.4 is 10.1 Å². The zero-order chi connectivity index (χ0) is 13.8. The molecule has 0 spiro atoms. The summed E-state index contributed by atoms with van der Waals surface area (Å²) < 4.78 is 5.28. The Morgan fingerprint density at radius 2 is 2.05 bits per heavy atom. The molecule has 0 saturated carbocycles. The van der Waals surface area contributed by atoms with E-state index in [1.54, 1.807) is 7.11 Å². The first kappa shape index (κ1) is 13.8. The average Bonchev–Trinajstić information content (AvgIpc) is 2.43. The number of methoxy groups -OCH3 is 1. The van der Waals surface area contributed by atoms with Crippen LogP contribution in [0.15, 0.2) is 30.5 Å². The predicted octanol–water partition coefficient (Wildman–Crippen LogP) is 3.20. The molecule has 0 saturated heterocycles. The van der Waals surface area contributed by atoms with Crippen molar-refractivity contribution in [3.05, 3.63) is 36.2 Å². The van der Waals surface area contributed by atoms with Gasteiger partial charge in [-0.15, -0.1) is 0 Å². The first-order chi connectivity index (χ1) is 9.17. The molecule has 0 aliphatic heterocycles. The number of hydrogen-bond acceptors (Lipinski definition) is 3. The molecule has 19 heavy (non-hydrogen) atoms. The van der Waals surface area contributed by atoms with Crippen LogP contribution in [0.3, 0.4) is 0 Å². The van der Waals surface area contributed by atoms with Crippen molar-refractivity contribution < 1.29 is 4.74 Å². The Kier molecular flexibility index (Phi) is 4.38. The maximum Gasteiger partial charge on any atom is 0.119 e. The van der Waals surface area contributed by atoms with E-state index in [4.69, 9.17) is 4.74 Å². The first-order valence-electron chi connectivity index (χ1n) is 6.74. The number of hydrogen-bond donors (Lipinski definition) is 1. The van der Waals surface area contributed by atoms with Crippen molar-refractivity contribution in [1.82, 2.24) is 10.3 Å². The zero-order valence-corrected chi connectivity index (χ0v) is 12.1. The third-order valence-electron chi connectivity index (χ3n) is 3.58. The zero-order valence-electron chi connectivity index (χ0n) is 12.1. The number of benzene rings is 1. The van der Waals surface area contributed by atoms with E-state index in [-0.39, 0.29) is 0 Å². The van der Waals surface area contributed by atoms with E-state index in [2.05, 4.69) is 36.3 Å². The van der Waals surface area contributed by atoms with E-state index in [0.717, 1.165) is 12.3 Å². The molecular formula is C16H22N2O. The Balaban J connectivity index is 2.53. The van der Waals surface area contributed by atoms with Crippen LogP contribution in [0, 0.1) is 5.92 Å². The molecule has 1 unspecified atom stereocenters. The van der Waals surface area contributed by atoms with Crippen LogP contribution in [-0.4, -0.2) is 25.7 Å². The van der Waals surface area contributed by atoms with Crippen LogP contribution >= 0.6 is 0 Å². The van der Waals surface area contributed by atoms with E-state index in [1.807, 2.05) is 25.4 Å². The summed E-state index contributed by atoms with van der Waals surface area (Å²) >= 11 is 0. The van der Waals surface area contributed by atoms with Gasteiger partial charge in [-0.3, -0.25) is 4.98 Å². The van der Waals surface area contributed by atoms with Gasteiger partial charge in [0, 0.05) is 24.0 Å². The van der Waals surface area contributed by atoms with Crippen LogP contribution in [0.2, 0.25) is 0 Å². The molecule has 1 heterocycles. The molecule has 0 aliphatic carbocycles. The number of nitrogens with one attached hydrogen (secondary N) is 1. The summed E-state index contributed by atoms with van der Waals surface area (Å²) in [6.45, 7) is 5.42. The highest BCUT2D eigenvalue weighted by Crippen LogP contribution is 2.30. The summed E-state index contributed by atoms with van der Waals surface area (Å²) in [5, 5.41) is 5.68. The van der Waals surface area contributed by atoms with Gasteiger partial charge in [0.15, 0.2) is 0 Å². The second-order valence-electron chi connectivity index (χ2n) is 5.19. The molecule has 2 rings (SSSR count). The molecule has 0 fully saturated rings. The van der Waals surface area contributed by atoms with Crippen LogP contribution in [0.1, 0.15) is 25.5 Å². The number of pyridine rings is 1. The molecule has 2 aromatic rings. The summed E-state index contributed by atoms with van der Waals surface area (Å²) in [5.41, 5.74) is 1.17. The number of likely N-dealkylation sites (N-methyl/N-ethyl adjacent to an activating group) is 1. The largest absolute Gasteiger partial charge is 0.497 e. The van der Waals surface area contributed by atoms with E-state index in [0.29, 0.717) is 11.8 Å². The van der Waals surface area contributed by atoms with Gasteiger partial charge < -0.3 is 10.1 Å². The quantitative estimate of drug-likeness (QED) is 0.894. The van der Waals surface area contributed by atoms with Crippen molar-refractivity contribution in [3.63, 3.8) is 0 Å². The molecule has 3 nitrogen and oxygen atoms in total. The highest BCUT2D eigenvalue weighted by molar-refractivity contribution is 5.86. The number of rotatable bonds is 5. The maximum absolute atomic E-state index is 5.28. The highest BCUT2D eigenvalue weighted by Gasteiger charge is 2.18. The van der Waals surface area contributed by atoms with Crippen molar-refractivity contribution in [2.24, 2.45) is 5.92 Å². The third-order valence-corrected chi connectivity index (χ3v) is 3.58. The van der Waals surface area contributed by atoms with Gasteiger partial charge in [-0.25, -0.2) is 0 Å². The van der Waals surface area contributed by atoms with Crippen LogP contribution in [0.4, 0.5) is 0 Å². The first-order valence-corrected chi connectivity index (χ1v) is 6.74. The molecule has 0 amide bonds. The summed E-state index contributed by atoms with van der Waals surface area (Å²) in [6, 6.07) is 8.22. The maximum atomic E-state index is 5.28. The summed E-state index contributed by atoms with van der Waals surface area (Å²) in [5.74, 6) is 1.86. The van der Waals surface area contributed by atoms with Gasteiger partial charge in [-0.1, -0.05) is 13.8 Å². The van der Waals surface area contributed by atoms with Crippen LogP contribution in [0.5, 0.6) is 5.75 Å². The standard InChI is InChI=1S/C16H22N2O/c1-11(2)15(10-17-3)16-14-6-5-13(19-4)9-12(14)7-8-18-16/h5-9,11,15,17H,10H2,1-4H3. The topological polar surface area (TPSA) is 34.2 Å². The van der Waals surface area contributed by atoms with Crippen molar-refractivity contribution >= 4 is 10.8 Å². The fourth-order valence-electron chi connectivity index (χ4n) is 2.47. The fourth-order valence-corrected chi connectivity index (χ4v) is 2.47. The fraction of sp³-hybridized carbons (Fsp3) is 0.438. The number of aromatic nitrogens is 1. The molecule has 3 heteroatoms. The van der Waals surface area contributed by atoms with Gasteiger partial charge in [-0.2, -0.15) is 0 Å². The molecule has 1 aromatic heterocycles. The lowest BCUT2D eigenvalue weighted by molar-refractivity contribution is 0.415. The van der Waals surface area contributed by atoms with Crippen molar-refractivity contribution in [2.45, 2.75) is 19.8 Å². The lowest BCUT2D eigenvalue weighted by atomic mass is 9.89. The van der Waals surface area contributed by atoms with Gasteiger partial charge >= 0.3 is 0 Å². The highest BCUT2D eigenvalue weighted by atomic mass is 16.5. The smallest absolute Gasteiger partial charge is 0.119 e. The van der Waals surface area contributed by atoms with E-state index < -0.39 is 0 Å². The van der Waals surface area contributed by atoms with E-state index in [1.165, 1.54) is 16.5 Å². The average molecular weight is 258 g/mol. The normalized spacial score (nSPS) is 12.9. The van der Waals surface area contributed by atoms with Gasteiger partial charge in [0.05, 0.1) is 12.8 Å². The second kappa shape index (κ2) is 6.02. The molecule has 1 atom stereocenters. The van der Waals surface area contributed by atoms with E-state index in [9.17, 15) is 0 Å².